The van der Waals surface area contributed by atoms with Gasteiger partial charge in [0.2, 0.25) is 11.2 Å². The molecule has 0 aromatic carbocycles. The number of ether oxygens (including phenoxy) is 1. The van der Waals surface area contributed by atoms with Crippen molar-refractivity contribution in [1.29, 1.82) is 0 Å². The highest BCUT2D eigenvalue weighted by molar-refractivity contribution is 5.86. The van der Waals surface area contributed by atoms with Crippen LogP contribution in [-0.2, 0) is 9.53 Å². The van der Waals surface area contributed by atoms with E-state index < -0.39 is 17.2 Å². The Hall–Kier alpha value is -0.900. The molecule has 0 radical (unpaired) electrons. The highest BCUT2D eigenvalue weighted by atomic mass is 19.1. The van der Waals surface area contributed by atoms with Crippen LogP contribution in [0.15, 0.2) is 12.7 Å². The van der Waals surface area contributed by atoms with E-state index in [1.807, 2.05) is 0 Å². The highest BCUT2D eigenvalue weighted by Crippen LogP contribution is 2.49. The molecule has 1 saturated carbocycles. The van der Waals surface area contributed by atoms with Crippen molar-refractivity contribution in [2.75, 3.05) is 7.11 Å². The van der Waals surface area contributed by atoms with Gasteiger partial charge in [0.05, 0.1) is 13.5 Å². The van der Waals surface area contributed by atoms with Gasteiger partial charge in [0.15, 0.2) is 0 Å². The Morgan fingerprint density at radius 2 is 2.45 bits per heavy atom. The third-order valence-corrected chi connectivity index (χ3v) is 2.13. The zero-order chi connectivity index (χ0) is 8.70. The molecule has 0 aliphatic heterocycles. The van der Waals surface area contributed by atoms with E-state index in [1.54, 1.807) is 0 Å². The van der Waals surface area contributed by atoms with Gasteiger partial charge in [0, 0.05) is 0 Å². The van der Waals surface area contributed by atoms with Crippen LogP contribution in [0.4, 0.5) is 4.39 Å². The third kappa shape index (κ3) is 0.860. The Labute approximate surface area is 64.0 Å². The highest BCUT2D eigenvalue weighted by Gasteiger charge is 2.76. The number of hydrogen-bond acceptors (Lipinski definition) is 2. The predicted octanol–water partition coefficient (Wildman–Crippen LogP) is -0.562. The van der Waals surface area contributed by atoms with Gasteiger partial charge in [-0.3, -0.25) is 0 Å². The Bertz CT molecular complexity index is 218. The smallest absolute Gasteiger partial charge is 0.371 e. The van der Waals surface area contributed by atoms with Crippen molar-refractivity contribution in [1.82, 2.24) is 0 Å². The molecule has 0 spiro atoms. The van der Waals surface area contributed by atoms with Crippen LogP contribution >= 0.6 is 0 Å². The summed E-state index contributed by atoms with van der Waals surface area (Å²) in [6.07, 6.45) is 1.19. The Morgan fingerprint density at radius 3 is 2.73 bits per heavy atom. The minimum atomic E-state index is -1.65. The first-order chi connectivity index (χ1) is 5.00. The van der Waals surface area contributed by atoms with Crippen LogP contribution in [0, 0.1) is 0 Å². The van der Waals surface area contributed by atoms with E-state index in [9.17, 15) is 9.18 Å². The van der Waals surface area contributed by atoms with Crippen LogP contribution in [0.5, 0.6) is 0 Å². The Kier molecular flexibility index (Phi) is 1.52. The minimum absolute atomic E-state index is 0.0795. The molecule has 0 heterocycles. The molecule has 62 valence electrons. The SMILES string of the molecule is C=C[C@]1(F)C[C@]1([NH3+])C(=O)OC. The molecule has 3 nitrogen and oxygen atoms in total. The fourth-order valence-corrected chi connectivity index (χ4v) is 1.10. The summed E-state index contributed by atoms with van der Waals surface area (Å²) in [5.74, 6) is -0.611. The average molecular weight is 160 g/mol. The maximum absolute atomic E-state index is 13.2. The van der Waals surface area contributed by atoms with E-state index in [2.05, 4.69) is 17.0 Å². The third-order valence-electron chi connectivity index (χ3n) is 2.13. The second-order valence-corrected chi connectivity index (χ2v) is 2.82. The molecule has 11 heavy (non-hydrogen) atoms. The summed E-state index contributed by atoms with van der Waals surface area (Å²) in [7, 11) is 1.22. The molecular weight excluding hydrogens is 149 g/mol. The van der Waals surface area contributed by atoms with Crippen molar-refractivity contribution in [2.24, 2.45) is 0 Å². The van der Waals surface area contributed by atoms with Crippen LogP contribution in [0.3, 0.4) is 0 Å². The normalized spacial score (nSPS) is 41.4. The van der Waals surface area contributed by atoms with Gasteiger partial charge in [-0.15, -0.1) is 0 Å². The maximum Gasteiger partial charge on any atom is 0.371 e. The number of rotatable bonds is 2. The molecule has 0 aromatic rings. The Balaban J connectivity index is 2.76. The first kappa shape index (κ1) is 8.20. The lowest BCUT2D eigenvalue weighted by atomic mass is 10.2. The molecular formula is C7H11FNO2+. The lowest BCUT2D eigenvalue weighted by Crippen LogP contribution is -2.71. The van der Waals surface area contributed by atoms with E-state index >= 15 is 0 Å². The molecule has 0 bridgehead atoms. The quantitative estimate of drug-likeness (QED) is 0.435. The fourth-order valence-electron chi connectivity index (χ4n) is 1.10. The summed E-state index contributed by atoms with van der Waals surface area (Å²) < 4.78 is 17.6. The van der Waals surface area contributed by atoms with Crippen LogP contribution in [0.25, 0.3) is 0 Å². The molecule has 1 rings (SSSR count). The van der Waals surface area contributed by atoms with E-state index in [-0.39, 0.29) is 6.42 Å². The molecule has 0 aromatic heterocycles. The lowest BCUT2D eigenvalue weighted by molar-refractivity contribution is -0.433. The molecule has 0 saturated heterocycles. The first-order valence-corrected chi connectivity index (χ1v) is 3.26. The van der Waals surface area contributed by atoms with Crippen molar-refractivity contribution in [3.05, 3.63) is 12.7 Å². The zero-order valence-electron chi connectivity index (χ0n) is 6.39. The Morgan fingerprint density at radius 1 is 1.91 bits per heavy atom. The van der Waals surface area contributed by atoms with Crippen molar-refractivity contribution in [3.63, 3.8) is 0 Å². The topological polar surface area (TPSA) is 53.9 Å². The van der Waals surface area contributed by atoms with Crippen LogP contribution in [0.2, 0.25) is 0 Å². The number of alkyl halides is 1. The van der Waals surface area contributed by atoms with Crippen molar-refractivity contribution in [3.8, 4) is 0 Å². The summed E-state index contributed by atoms with van der Waals surface area (Å²) in [4.78, 5) is 10.9. The molecule has 0 amide bonds. The number of quaternary nitrogens is 1. The van der Waals surface area contributed by atoms with Gasteiger partial charge in [-0.1, -0.05) is 6.58 Å². The number of methoxy groups -OCH3 is 1. The van der Waals surface area contributed by atoms with Crippen LogP contribution in [-0.4, -0.2) is 24.3 Å². The number of halogens is 1. The standard InChI is InChI=1S/C7H10FNO2/c1-3-6(8)4-7(6,9)5(10)11-2/h3H,1,4,9H2,2H3/p+1/t6-,7-/m0/s1. The van der Waals surface area contributed by atoms with Crippen LogP contribution in [0.1, 0.15) is 6.42 Å². The van der Waals surface area contributed by atoms with Gasteiger partial charge < -0.3 is 10.5 Å². The van der Waals surface area contributed by atoms with E-state index in [0.717, 1.165) is 6.08 Å². The predicted molar refractivity (Wildman–Crippen MR) is 36.3 cm³/mol. The number of esters is 1. The van der Waals surface area contributed by atoms with Gasteiger partial charge in [0.25, 0.3) is 0 Å². The molecule has 1 aliphatic carbocycles. The summed E-state index contributed by atoms with van der Waals surface area (Å²) in [5, 5.41) is 0. The summed E-state index contributed by atoms with van der Waals surface area (Å²) in [6.45, 7) is 3.28. The minimum Gasteiger partial charge on any atom is -0.464 e. The van der Waals surface area contributed by atoms with Crippen LogP contribution < -0.4 is 5.73 Å². The largest absolute Gasteiger partial charge is 0.464 e. The van der Waals surface area contributed by atoms with Crippen molar-refractivity contribution in [2.45, 2.75) is 17.6 Å². The molecule has 3 N–H and O–H groups in total. The van der Waals surface area contributed by atoms with Gasteiger partial charge >= 0.3 is 5.97 Å². The monoisotopic (exact) mass is 160 g/mol. The van der Waals surface area contributed by atoms with Crippen molar-refractivity contribution >= 4 is 5.97 Å². The van der Waals surface area contributed by atoms with Gasteiger partial charge in [-0.05, 0) is 6.08 Å². The summed E-state index contributed by atoms with van der Waals surface area (Å²) in [6, 6.07) is 0. The molecule has 4 heteroatoms. The van der Waals surface area contributed by atoms with E-state index in [4.69, 9.17) is 0 Å². The second-order valence-electron chi connectivity index (χ2n) is 2.82. The zero-order valence-corrected chi connectivity index (χ0v) is 6.39. The first-order valence-electron chi connectivity index (χ1n) is 3.26. The van der Waals surface area contributed by atoms with E-state index in [1.165, 1.54) is 7.11 Å². The molecule has 2 atom stereocenters. The summed E-state index contributed by atoms with van der Waals surface area (Å²) >= 11 is 0. The maximum atomic E-state index is 13.2. The number of hydrogen-bond donors (Lipinski definition) is 1. The van der Waals surface area contributed by atoms with Gasteiger partial charge in [-0.25, -0.2) is 9.18 Å². The second kappa shape index (κ2) is 2.04. The summed E-state index contributed by atoms with van der Waals surface area (Å²) in [5.41, 5.74) is 0.570. The molecule has 1 fully saturated rings. The number of carbonyl (C=O) groups is 1. The molecule has 0 unspecified atom stereocenters. The fraction of sp³-hybridized carbons (Fsp3) is 0.571. The van der Waals surface area contributed by atoms with Crippen molar-refractivity contribution < 1.29 is 19.7 Å². The average Bonchev–Trinajstić information content (AvgIpc) is 2.56. The molecule has 1 aliphatic rings. The van der Waals surface area contributed by atoms with Gasteiger partial charge in [-0.2, -0.15) is 0 Å². The van der Waals surface area contributed by atoms with Gasteiger partial charge in [0.1, 0.15) is 0 Å². The number of carbonyl (C=O) groups excluding carboxylic acids is 1. The lowest BCUT2D eigenvalue weighted by Gasteiger charge is -2.05. The van der Waals surface area contributed by atoms with E-state index in [0.29, 0.717) is 0 Å².